The molecular weight excluding hydrogens is 238 g/mol. The molecular formula is C11H19N3S2. The number of aromatic nitrogens is 1. The molecule has 0 radical (unpaired) electrons. The Morgan fingerprint density at radius 3 is 3.06 bits per heavy atom. The maximum atomic E-state index is 4.51. The van der Waals surface area contributed by atoms with Crippen molar-refractivity contribution in [3.63, 3.8) is 0 Å². The highest BCUT2D eigenvalue weighted by Gasteiger charge is 2.13. The van der Waals surface area contributed by atoms with Crippen LogP contribution in [0, 0.1) is 0 Å². The zero-order chi connectivity index (χ0) is 11.2. The minimum absolute atomic E-state index is 1.08. The van der Waals surface area contributed by atoms with Gasteiger partial charge in [0, 0.05) is 26.2 Å². The molecule has 1 saturated heterocycles. The molecule has 0 bridgehead atoms. The number of nitrogens with one attached hydrogen (secondary N) is 1. The van der Waals surface area contributed by atoms with E-state index < -0.39 is 0 Å². The average Bonchev–Trinajstić information content (AvgIpc) is 2.79. The molecule has 0 aliphatic carbocycles. The largest absolute Gasteiger partial charge is 0.346 e. The number of unbranched alkanes of at least 4 members (excludes halogenated alkanes) is 1. The lowest BCUT2D eigenvalue weighted by Crippen LogP contribution is -2.43. The molecule has 1 aliphatic rings. The SMILES string of the molecule is CCCCSc1cnc(N2CCNCC2)s1. The van der Waals surface area contributed by atoms with Gasteiger partial charge in [0.05, 0.1) is 10.4 Å². The van der Waals surface area contributed by atoms with Gasteiger partial charge >= 0.3 is 0 Å². The van der Waals surface area contributed by atoms with Gasteiger partial charge in [0.25, 0.3) is 0 Å². The van der Waals surface area contributed by atoms with E-state index >= 15 is 0 Å². The van der Waals surface area contributed by atoms with Crippen molar-refractivity contribution < 1.29 is 0 Å². The highest BCUT2D eigenvalue weighted by atomic mass is 32.2. The summed E-state index contributed by atoms with van der Waals surface area (Å²) in [5.74, 6) is 1.22. The van der Waals surface area contributed by atoms with Gasteiger partial charge in [-0.25, -0.2) is 4.98 Å². The number of thiazole rings is 1. The van der Waals surface area contributed by atoms with Gasteiger partial charge in [0.1, 0.15) is 0 Å². The summed E-state index contributed by atoms with van der Waals surface area (Å²) in [6, 6.07) is 0. The van der Waals surface area contributed by atoms with Crippen LogP contribution in [0.15, 0.2) is 10.4 Å². The van der Waals surface area contributed by atoms with E-state index in [0.717, 1.165) is 26.2 Å². The van der Waals surface area contributed by atoms with Crippen LogP contribution in [-0.4, -0.2) is 36.9 Å². The lowest BCUT2D eigenvalue weighted by molar-refractivity contribution is 0.588. The van der Waals surface area contributed by atoms with Crippen molar-refractivity contribution in [3.8, 4) is 0 Å². The monoisotopic (exact) mass is 257 g/mol. The fourth-order valence-corrected chi connectivity index (χ4v) is 3.81. The first-order valence-corrected chi connectivity index (χ1v) is 7.74. The summed E-state index contributed by atoms with van der Waals surface area (Å²) >= 11 is 3.78. The first-order chi connectivity index (χ1) is 7.90. The molecule has 1 aromatic rings. The Labute approximate surface area is 106 Å². The van der Waals surface area contributed by atoms with Crippen molar-refractivity contribution in [2.75, 3.05) is 36.8 Å². The maximum Gasteiger partial charge on any atom is 0.186 e. The van der Waals surface area contributed by atoms with Crippen LogP contribution >= 0.6 is 23.1 Å². The van der Waals surface area contributed by atoms with Gasteiger partial charge in [0.15, 0.2) is 5.13 Å². The predicted octanol–water partition coefficient (Wildman–Crippen LogP) is 2.44. The molecule has 0 spiro atoms. The smallest absolute Gasteiger partial charge is 0.186 e. The fourth-order valence-electron chi connectivity index (χ4n) is 1.64. The van der Waals surface area contributed by atoms with Crippen molar-refractivity contribution in [2.24, 2.45) is 0 Å². The lowest BCUT2D eigenvalue weighted by Gasteiger charge is -2.26. The second-order valence-corrected chi connectivity index (χ2v) is 6.31. The van der Waals surface area contributed by atoms with Crippen LogP contribution < -0.4 is 10.2 Å². The standard InChI is InChI=1S/C11H19N3S2/c1-2-3-8-15-10-9-13-11(16-10)14-6-4-12-5-7-14/h9,12H,2-8H2,1H3. The Hall–Kier alpha value is -0.260. The number of hydrogen-bond acceptors (Lipinski definition) is 5. The molecule has 5 heteroatoms. The Morgan fingerprint density at radius 2 is 2.31 bits per heavy atom. The van der Waals surface area contributed by atoms with Gasteiger partial charge in [-0.15, -0.1) is 11.8 Å². The van der Waals surface area contributed by atoms with Gasteiger partial charge in [-0.2, -0.15) is 0 Å². The van der Waals surface area contributed by atoms with E-state index in [4.69, 9.17) is 0 Å². The molecule has 0 amide bonds. The van der Waals surface area contributed by atoms with Crippen LogP contribution in [0.4, 0.5) is 5.13 Å². The van der Waals surface area contributed by atoms with Crippen LogP contribution in [0.3, 0.4) is 0 Å². The minimum atomic E-state index is 1.08. The molecule has 2 heterocycles. The third-order valence-electron chi connectivity index (χ3n) is 2.60. The summed E-state index contributed by atoms with van der Waals surface area (Å²) in [7, 11) is 0. The molecule has 16 heavy (non-hydrogen) atoms. The fraction of sp³-hybridized carbons (Fsp3) is 0.727. The van der Waals surface area contributed by atoms with E-state index in [-0.39, 0.29) is 0 Å². The molecule has 0 unspecified atom stereocenters. The topological polar surface area (TPSA) is 28.2 Å². The summed E-state index contributed by atoms with van der Waals surface area (Å²) in [4.78, 5) is 6.89. The predicted molar refractivity (Wildman–Crippen MR) is 72.8 cm³/mol. The molecule has 0 saturated carbocycles. The minimum Gasteiger partial charge on any atom is -0.346 e. The highest BCUT2D eigenvalue weighted by Crippen LogP contribution is 2.30. The number of piperazine rings is 1. The summed E-state index contributed by atoms with van der Waals surface area (Å²) < 4.78 is 1.36. The quantitative estimate of drug-likeness (QED) is 0.648. The van der Waals surface area contributed by atoms with Crippen molar-refractivity contribution in [1.82, 2.24) is 10.3 Å². The zero-order valence-electron chi connectivity index (χ0n) is 9.74. The Morgan fingerprint density at radius 1 is 1.50 bits per heavy atom. The van der Waals surface area contributed by atoms with Crippen LogP contribution in [0.5, 0.6) is 0 Å². The van der Waals surface area contributed by atoms with Crippen molar-refractivity contribution in [2.45, 2.75) is 24.0 Å². The molecule has 1 aromatic heterocycles. The highest BCUT2D eigenvalue weighted by molar-refractivity contribution is 8.01. The Kier molecular flexibility index (Phi) is 4.93. The first kappa shape index (κ1) is 12.2. The normalized spacial score (nSPS) is 16.7. The molecule has 0 aromatic carbocycles. The van der Waals surface area contributed by atoms with E-state index in [2.05, 4.69) is 22.1 Å². The molecule has 1 fully saturated rings. The lowest BCUT2D eigenvalue weighted by atomic mass is 10.4. The van der Waals surface area contributed by atoms with Gasteiger partial charge in [0.2, 0.25) is 0 Å². The summed E-state index contributed by atoms with van der Waals surface area (Å²) in [6.07, 6.45) is 4.60. The summed E-state index contributed by atoms with van der Waals surface area (Å²) in [5, 5.41) is 4.56. The van der Waals surface area contributed by atoms with E-state index in [9.17, 15) is 0 Å². The molecule has 0 atom stereocenters. The second kappa shape index (κ2) is 6.47. The van der Waals surface area contributed by atoms with Crippen LogP contribution in [0.1, 0.15) is 19.8 Å². The average molecular weight is 257 g/mol. The van der Waals surface area contributed by atoms with Gasteiger partial charge < -0.3 is 10.2 Å². The molecule has 3 nitrogen and oxygen atoms in total. The second-order valence-electron chi connectivity index (χ2n) is 3.90. The number of hydrogen-bond donors (Lipinski definition) is 1. The molecule has 90 valence electrons. The first-order valence-electron chi connectivity index (χ1n) is 5.94. The van der Waals surface area contributed by atoms with E-state index in [1.54, 1.807) is 0 Å². The summed E-state index contributed by atoms with van der Waals surface area (Å²) in [6.45, 7) is 6.58. The Bertz CT molecular complexity index is 308. The number of rotatable bonds is 5. The van der Waals surface area contributed by atoms with Crippen molar-refractivity contribution in [3.05, 3.63) is 6.20 Å². The van der Waals surface area contributed by atoms with E-state index in [1.807, 2.05) is 29.3 Å². The van der Waals surface area contributed by atoms with Crippen LogP contribution in [0.25, 0.3) is 0 Å². The number of nitrogens with zero attached hydrogens (tertiary/aromatic N) is 2. The third kappa shape index (κ3) is 3.37. The maximum absolute atomic E-state index is 4.51. The van der Waals surface area contributed by atoms with Gasteiger partial charge in [-0.3, -0.25) is 0 Å². The number of thioether (sulfide) groups is 1. The van der Waals surface area contributed by atoms with Gasteiger partial charge in [-0.1, -0.05) is 24.7 Å². The Balaban J connectivity index is 1.85. The molecule has 1 N–H and O–H groups in total. The van der Waals surface area contributed by atoms with E-state index in [1.165, 1.54) is 27.9 Å². The van der Waals surface area contributed by atoms with Crippen LogP contribution in [0.2, 0.25) is 0 Å². The zero-order valence-corrected chi connectivity index (χ0v) is 11.4. The number of anilines is 1. The van der Waals surface area contributed by atoms with Crippen molar-refractivity contribution in [1.29, 1.82) is 0 Å². The molecule has 2 rings (SSSR count). The third-order valence-corrected chi connectivity index (χ3v) is 4.94. The van der Waals surface area contributed by atoms with Crippen LogP contribution in [-0.2, 0) is 0 Å². The van der Waals surface area contributed by atoms with Crippen molar-refractivity contribution >= 4 is 28.2 Å². The summed E-state index contributed by atoms with van der Waals surface area (Å²) in [5.41, 5.74) is 0. The molecule has 1 aliphatic heterocycles. The van der Waals surface area contributed by atoms with Gasteiger partial charge in [-0.05, 0) is 12.2 Å². The van der Waals surface area contributed by atoms with E-state index in [0.29, 0.717) is 0 Å².